The molecule has 0 heterocycles. The molecule has 2 aromatic rings. The zero-order valence-electron chi connectivity index (χ0n) is 14.0. The number of nitriles is 2. The Morgan fingerprint density at radius 3 is 1.86 bits per heavy atom. The lowest BCUT2D eigenvalue weighted by Crippen LogP contribution is -2.08. The van der Waals surface area contributed by atoms with Crippen LogP contribution in [0.3, 0.4) is 0 Å². The SMILES string of the molecule is N#CC(C#N)=Cc1ccc(Oc2c([N+](=O)[O-])cc(C(F)(F)F)cc2[N+](=O)[O-])cc1. The second-order valence-electron chi connectivity index (χ2n) is 5.31. The molecule has 0 fully saturated rings. The fourth-order valence-corrected chi connectivity index (χ4v) is 2.14. The Labute approximate surface area is 159 Å². The molecule has 0 aromatic heterocycles. The molecule has 29 heavy (non-hydrogen) atoms. The maximum Gasteiger partial charge on any atom is 0.416 e. The fourth-order valence-electron chi connectivity index (χ4n) is 2.14. The first-order valence-electron chi connectivity index (χ1n) is 7.40. The number of hydrogen-bond acceptors (Lipinski definition) is 7. The third-order valence-corrected chi connectivity index (χ3v) is 3.42. The molecule has 0 radical (unpaired) electrons. The van der Waals surface area contributed by atoms with Crippen LogP contribution in [0, 0.1) is 42.9 Å². The van der Waals surface area contributed by atoms with Crippen LogP contribution < -0.4 is 4.74 Å². The fraction of sp³-hybridized carbons (Fsp3) is 0.0588. The predicted molar refractivity (Wildman–Crippen MR) is 90.5 cm³/mol. The lowest BCUT2D eigenvalue weighted by atomic mass is 10.1. The first-order chi connectivity index (χ1) is 13.6. The summed E-state index contributed by atoms with van der Waals surface area (Å²) in [5.41, 5.74) is -3.85. The minimum atomic E-state index is -5.04. The van der Waals surface area contributed by atoms with Crippen LogP contribution in [0.25, 0.3) is 6.08 Å². The molecule has 2 rings (SSSR count). The number of allylic oxidation sites excluding steroid dienone is 1. The van der Waals surface area contributed by atoms with Gasteiger partial charge in [0.1, 0.15) is 23.5 Å². The number of hydrogen-bond donors (Lipinski definition) is 0. The first-order valence-corrected chi connectivity index (χ1v) is 7.40. The van der Waals surface area contributed by atoms with Gasteiger partial charge in [0.2, 0.25) is 0 Å². The van der Waals surface area contributed by atoms with Gasteiger partial charge in [0, 0.05) is 12.1 Å². The number of nitro groups is 2. The number of nitrogens with zero attached hydrogens (tertiary/aromatic N) is 4. The van der Waals surface area contributed by atoms with Gasteiger partial charge in [0.15, 0.2) is 0 Å². The van der Waals surface area contributed by atoms with E-state index < -0.39 is 38.7 Å². The molecule has 146 valence electrons. The van der Waals surface area contributed by atoms with Crippen LogP contribution in [0.5, 0.6) is 11.5 Å². The van der Waals surface area contributed by atoms with Crippen molar-refractivity contribution in [3.05, 3.63) is 73.3 Å². The summed E-state index contributed by atoms with van der Waals surface area (Å²) >= 11 is 0. The molecular weight excluding hydrogens is 397 g/mol. The molecule has 0 spiro atoms. The summed E-state index contributed by atoms with van der Waals surface area (Å²) in [6.07, 6.45) is -3.81. The number of nitro benzene ring substituents is 2. The van der Waals surface area contributed by atoms with Crippen LogP contribution in [0.1, 0.15) is 11.1 Å². The minimum Gasteiger partial charge on any atom is -0.444 e. The average molecular weight is 404 g/mol. The summed E-state index contributed by atoms with van der Waals surface area (Å²) in [6, 6.07) is 8.67. The van der Waals surface area contributed by atoms with Gasteiger partial charge in [0.25, 0.3) is 5.75 Å². The van der Waals surface area contributed by atoms with Gasteiger partial charge < -0.3 is 4.74 Å². The van der Waals surface area contributed by atoms with Gasteiger partial charge in [0.05, 0.1) is 15.4 Å². The van der Waals surface area contributed by atoms with Crippen LogP contribution in [0.2, 0.25) is 0 Å². The van der Waals surface area contributed by atoms with E-state index in [0.29, 0.717) is 5.56 Å². The summed E-state index contributed by atoms with van der Waals surface area (Å²) in [7, 11) is 0. The van der Waals surface area contributed by atoms with Gasteiger partial charge in [-0.1, -0.05) is 12.1 Å². The number of benzene rings is 2. The van der Waals surface area contributed by atoms with Crippen molar-refractivity contribution in [3.63, 3.8) is 0 Å². The molecule has 9 nitrogen and oxygen atoms in total. The van der Waals surface area contributed by atoms with E-state index in [1.807, 2.05) is 0 Å². The highest BCUT2D eigenvalue weighted by Gasteiger charge is 2.38. The van der Waals surface area contributed by atoms with Crippen molar-refractivity contribution in [2.24, 2.45) is 0 Å². The maximum absolute atomic E-state index is 12.9. The zero-order valence-corrected chi connectivity index (χ0v) is 14.0. The molecule has 0 saturated heterocycles. The lowest BCUT2D eigenvalue weighted by Gasteiger charge is -2.11. The Hall–Kier alpha value is -4.45. The number of ether oxygens (including phenoxy) is 1. The van der Waals surface area contributed by atoms with E-state index >= 15 is 0 Å². The maximum atomic E-state index is 12.9. The molecule has 0 bridgehead atoms. The number of rotatable bonds is 5. The quantitative estimate of drug-likeness (QED) is 0.397. The van der Waals surface area contributed by atoms with E-state index in [1.165, 1.54) is 30.3 Å². The third-order valence-electron chi connectivity index (χ3n) is 3.42. The summed E-state index contributed by atoms with van der Waals surface area (Å²) < 4.78 is 43.9. The van der Waals surface area contributed by atoms with Crippen LogP contribution in [-0.2, 0) is 6.18 Å². The molecule has 0 aliphatic rings. The van der Waals surface area contributed by atoms with Gasteiger partial charge in [-0.05, 0) is 23.8 Å². The van der Waals surface area contributed by atoms with E-state index in [0.717, 1.165) is 0 Å². The van der Waals surface area contributed by atoms with E-state index in [-0.39, 0.29) is 23.5 Å². The smallest absolute Gasteiger partial charge is 0.416 e. The van der Waals surface area contributed by atoms with E-state index in [2.05, 4.69) is 0 Å². The molecule has 0 N–H and O–H groups in total. The van der Waals surface area contributed by atoms with Gasteiger partial charge in [-0.3, -0.25) is 20.2 Å². The Bertz CT molecular complexity index is 1050. The van der Waals surface area contributed by atoms with Crippen LogP contribution in [0.15, 0.2) is 42.0 Å². The van der Waals surface area contributed by atoms with E-state index in [1.54, 1.807) is 12.1 Å². The van der Waals surface area contributed by atoms with E-state index in [4.69, 9.17) is 15.3 Å². The van der Waals surface area contributed by atoms with Crippen molar-refractivity contribution in [1.29, 1.82) is 10.5 Å². The van der Waals surface area contributed by atoms with Crippen molar-refractivity contribution in [3.8, 4) is 23.6 Å². The lowest BCUT2D eigenvalue weighted by molar-refractivity contribution is -0.396. The van der Waals surface area contributed by atoms with Crippen LogP contribution >= 0.6 is 0 Å². The molecule has 0 unspecified atom stereocenters. The zero-order chi connectivity index (χ0) is 21.8. The largest absolute Gasteiger partial charge is 0.444 e. The van der Waals surface area contributed by atoms with Gasteiger partial charge in [-0.25, -0.2) is 0 Å². The molecule has 12 heteroatoms. The van der Waals surface area contributed by atoms with Crippen LogP contribution in [0.4, 0.5) is 24.5 Å². The highest BCUT2D eigenvalue weighted by atomic mass is 19.4. The average Bonchev–Trinajstić information content (AvgIpc) is 2.66. The minimum absolute atomic E-state index is 0.144. The first kappa shape index (κ1) is 20.9. The summed E-state index contributed by atoms with van der Waals surface area (Å²) in [4.78, 5) is 19.9. The van der Waals surface area contributed by atoms with Crippen molar-refractivity contribution in [2.75, 3.05) is 0 Å². The Balaban J connectivity index is 2.53. The molecule has 0 amide bonds. The van der Waals surface area contributed by atoms with Crippen molar-refractivity contribution in [1.82, 2.24) is 0 Å². The summed E-state index contributed by atoms with van der Waals surface area (Å²) in [5, 5.41) is 39.8. The highest BCUT2D eigenvalue weighted by molar-refractivity contribution is 5.65. The number of alkyl halides is 3. The topological polar surface area (TPSA) is 143 Å². The number of halogens is 3. The Kier molecular flexibility index (Phi) is 5.80. The van der Waals surface area contributed by atoms with Gasteiger partial charge >= 0.3 is 17.6 Å². The predicted octanol–water partition coefficient (Wildman–Crippen LogP) is 4.74. The Morgan fingerprint density at radius 2 is 1.48 bits per heavy atom. The monoisotopic (exact) mass is 404 g/mol. The summed E-state index contributed by atoms with van der Waals surface area (Å²) in [6.45, 7) is 0. The van der Waals surface area contributed by atoms with Gasteiger partial charge in [-0.2, -0.15) is 23.7 Å². The second kappa shape index (κ2) is 8.06. The highest BCUT2D eigenvalue weighted by Crippen LogP contribution is 2.44. The molecule has 0 aliphatic heterocycles. The van der Waals surface area contributed by atoms with Gasteiger partial charge in [-0.15, -0.1) is 0 Å². The van der Waals surface area contributed by atoms with E-state index in [9.17, 15) is 33.4 Å². The normalized spacial score (nSPS) is 10.4. The van der Waals surface area contributed by atoms with Crippen molar-refractivity contribution < 1.29 is 27.8 Å². The second-order valence-corrected chi connectivity index (χ2v) is 5.31. The molecule has 0 aliphatic carbocycles. The standard InChI is InChI=1S/C17H7F3N4O5/c18-17(19,20)12-6-14(23(25)26)16(15(7-12)24(27)28)29-13-3-1-10(2-4-13)5-11(8-21)9-22/h1-7H. The van der Waals surface area contributed by atoms with Crippen molar-refractivity contribution >= 4 is 17.5 Å². The molecule has 0 saturated carbocycles. The molecule has 2 aromatic carbocycles. The van der Waals surface area contributed by atoms with Crippen LogP contribution in [-0.4, -0.2) is 9.85 Å². The molecule has 0 atom stereocenters. The molecular formula is C17H7F3N4O5. The Morgan fingerprint density at radius 1 is 1.00 bits per heavy atom. The van der Waals surface area contributed by atoms with Crippen molar-refractivity contribution in [2.45, 2.75) is 6.18 Å². The summed E-state index contributed by atoms with van der Waals surface area (Å²) in [5.74, 6) is -1.12. The third kappa shape index (κ3) is 4.84.